The van der Waals surface area contributed by atoms with Crippen LogP contribution in [0.4, 0.5) is 0 Å². The maximum Gasteiger partial charge on any atom is 0.159 e. The van der Waals surface area contributed by atoms with Gasteiger partial charge in [0.25, 0.3) is 0 Å². The summed E-state index contributed by atoms with van der Waals surface area (Å²) in [5, 5.41) is 0. The Morgan fingerprint density at radius 2 is 1.80 bits per heavy atom. The van der Waals surface area contributed by atoms with Gasteiger partial charge in [-0.05, 0) is 62.5 Å². The molecule has 0 aliphatic heterocycles. The van der Waals surface area contributed by atoms with E-state index >= 15 is 0 Å². The molecule has 0 radical (unpaired) electrons. The van der Waals surface area contributed by atoms with Crippen molar-refractivity contribution in [3.05, 3.63) is 65.8 Å². The average molecular weight is 342 g/mol. The van der Waals surface area contributed by atoms with Gasteiger partial charge in [-0.3, -0.25) is 4.79 Å². The first-order valence-electron chi connectivity index (χ1n) is 8.62. The molecule has 0 heterocycles. The monoisotopic (exact) mass is 342 g/mol. The van der Waals surface area contributed by atoms with Crippen molar-refractivity contribution in [2.45, 2.75) is 46.1 Å². The number of carbonyl (C=O) groups excluding carboxylic acids is 1. The average Bonchev–Trinajstić information content (AvgIpc) is 2.54. The number of hydrogen-bond acceptors (Lipinski definition) is 3. The van der Waals surface area contributed by atoms with Crippen molar-refractivity contribution in [1.29, 1.82) is 0 Å². The van der Waals surface area contributed by atoms with E-state index in [0.717, 1.165) is 41.7 Å². The summed E-state index contributed by atoms with van der Waals surface area (Å²) in [5.41, 5.74) is 4.15. The Bertz CT molecular complexity index is 609. The second kappa shape index (κ2) is 11.4. The first-order chi connectivity index (χ1) is 11.9. The standard InChI is InChI=1S/C22H30O3/c1-17(2)7-6-8-18(3)13-21(23)14-19(4)15-25-16-20-9-11-22(24-5)12-10-20/h9-13H,1,4,6-8,14-16H2,2-3,5H3/b18-13+. The number of ether oxygens (including phenoxy) is 2. The van der Waals surface area contributed by atoms with Crippen molar-refractivity contribution in [1.82, 2.24) is 0 Å². The van der Waals surface area contributed by atoms with E-state index in [9.17, 15) is 4.79 Å². The first kappa shape index (κ1) is 20.9. The van der Waals surface area contributed by atoms with Crippen LogP contribution in [0.3, 0.4) is 0 Å². The van der Waals surface area contributed by atoms with Gasteiger partial charge in [0, 0.05) is 6.42 Å². The van der Waals surface area contributed by atoms with Gasteiger partial charge in [0.1, 0.15) is 5.75 Å². The van der Waals surface area contributed by atoms with Crippen LogP contribution in [-0.2, 0) is 16.1 Å². The van der Waals surface area contributed by atoms with Gasteiger partial charge in [-0.2, -0.15) is 0 Å². The predicted octanol–water partition coefficient (Wildman–Crippen LogP) is 5.42. The van der Waals surface area contributed by atoms with Gasteiger partial charge in [0.15, 0.2) is 5.78 Å². The molecule has 3 nitrogen and oxygen atoms in total. The highest BCUT2D eigenvalue weighted by molar-refractivity contribution is 5.91. The molecule has 1 rings (SSSR count). The van der Waals surface area contributed by atoms with E-state index in [-0.39, 0.29) is 5.78 Å². The minimum Gasteiger partial charge on any atom is -0.497 e. The topological polar surface area (TPSA) is 35.5 Å². The van der Waals surface area contributed by atoms with Crippen LogP contribution in [0.15, 0.2) is 60.2 Å². The molecule has 3 heteroatoms. The van der Waals surface area contributed by atoms with Crippen LogP contribution in [0.2, 0.25) is 0 Å². The van der Waals surface area contributed by atoms with Gasteiger partial charge in [-0.15, -0.1) is 6.58 Å². The number of allylic oxidation sites excluding steroid dienone is 3. The summed E-state index contributed by atoms with van der Waals surface area (Å²) in [5.74, 6) is 0.912. The molecule has 0 N–H and O–H groups in total. The summed E-state index contributed by atoms with van der Waals surface area (Å²) in [6, 6.07) is 7.73. The van der Waals surface area contributed by atoms with Crippen molar-refractivity contribution in [3.8, 4) is 5.75 Å². The molecular formula is C22H30O3. The lowest BCUT2D eigenvalue weighted by molar-refractivity contribution is -0.114. The van der Waals surface area contributed by atoms with Crippen molar-refractivity contribution < 1.29 is 14.3 Å². The molecule has 0 bridgehead atoms. The van der Waals surface area contributed by atoms with Crippen LogP contribution in [0.5, 0.6) is 5.75 Å². The largest absolute Gasteiger partial charge is 0.497 e. The Morgan fingerprint density at radius 1 is 1.12 bits per heavy atom. The summed E-state index contributed by atoms with van der Waals surface area (Å²) in [7, 11) is 1.64. The van der Waals surface area contributed by atoms with Gasteiger partial charge in [-0.25, -0.2) is 0 Å². The van der Waals surface area contributed by atoms with Crippen molar-refractivity contribution in [2.75, 3.05) is 13.7 Å². The van der Waals surface area contributed by atoms with E-state index in [1.54, 1.807) is 13.2 Å². The number of methoxy groups -OCH3 is 1. The molecule has 0 saturated carbocycles. The Morgan fingerprint density at radius 3 is 2.40 bits per heavy atom. The first-order valence-corrected chi connectivity index (χ1v) is 8.62. The molecule has 0 fully saturated rings. The maximum atomic E-state index is 12.0. The minimum atomic E-state index is 0.0888. The number of ketones is 1. The molecule has 0 aromatic heterocycles. The van der Waals surface area contributed by atoms with E-state index < -0.39 is 0 Å². The van der Waals surface area contributed by atoms with Gasteiger partial charge in [0.2, 0.25) is 0 Å². The third kappa shape index (κ3) is 9.68. The second-order valence-electron chi connectivity index (χ2n) is 6.54. The zero-order chi connectivity index (χ0) is 18.7. The Balaban J connectivity index is 2.28. The van der Waals surface area contributed by atoms with E-state index in [0.29, 0.717) is 19.6 Å². The Hall–Kier alpha value is -2.13. The highest BCUT2D eigenvalue weighted by Gasteiger charge is 2.04. The number of benzene rings is 1. The Labute approximate surface area is 152 Å². The Kier molecular flexibility index (Phi) is 9.56. The van der Waals surface area contributed by atoms with Crippen molar-refractivity contribution in [3.63, 3.8) is 0 Å². The minimum absolute atomic E-state index is 0.0888. The van der Waals surface area contributed by atoms with Crippen LogP contribution in [0.25, 0.3) is 0 Å². The number of rotatable bonds is 12. The van der Waals surface area contributed by atoms with E-state index in [1.165, 1.54) is 5.57 Å². The molecule has 1 aromatic carbocycles. The highest BCUT2D eigenvalue weighted by atomic mass is 16.5. The lowest BCUT2D eigenvalue weighted by Gasteiger charge is -2.07. The zero-order valence-corrected chi connectivity index (χ0v) is 15.8. The van der Waals surface area contributed by atoms with Gasteiger partial charge in [-0.1, -0.05) is 29.9 Å². The summed E-state index contributed by atoms with van der Waals surface area (Å²) in [6.07, 6.45) is 5.04. The van der Waals surface area contributed by atoms with E-state index in [1.807, 2.05) is 38.1 Å². The fraction of sp³-hybridized carbons (Fsp3) is 0.409. The lowest BCUT2D eigenvalue weighted by atomic mass is 10.0. The summed E-state index contributed by atoms with van der Waals surface area (Å²) >= 11 is 0. The van der Waals surface area contributed by atoms with Crippen LogP contribution in [-0.4, -0.2) is 19.5 Å². The van der Waals surface area contributed by atoms with E-state index in [2.05, 4.69) is 13.2 Å². The molecule has 0 saturated heterocycles. The molecule has 0 aliphatic rings. The fourth-order valence-corrected chi connectivity index (χ4v) is 2.40. The van der Waals surface area contributed by atoms with Crippen molar-refractivity contribution >= 4 is 5.78 Å². The highest BCUT2D eigenvalue weighted by Crippen LogP contribution is 2.14. The van der Waals surface area contributed by atoms with Crippen LogP contribution in [0, 0.1) is 0 Å². The van der Waals surface area contributed by atoms with Crippen molar-refractivity contribution in [2.24, 2.45) is 0 Å². The zero-order valence-electron chi connectivity index (χ0n) is 15.8. The molecule has 0 unspecified atom stereocenters. The molecule has 0 atom stereocenters. The van der Waals surface area contributed by atoms with Crippen LogP contribution in [0.1, 0.15) is 45.1 Å². The van der Waals surface area contributed by atoms with E-state index in [4.69, 9.17) is 9.47 Å². The van der Waals surface area contributed by atoms with Gasteiger partial charge >= 0.3 is 0 Å². The molecule has 0 amide bonds. The fourth-order valence-electron chi connectivity index (χ4n) is 2.40. The molecule has 136 valence electrons. The third-order valence-corrected chi connectivity index (χ3v) is 3.74. The summed E-state index contributed by atoms with van der Waals surface area (Å²) in [4.78, 5) is 12.0. The summed E-state index contributed by atoms with van der Waals surface area (Å²) in [6.45, 7) is 12.7. The smallest absolute Gasteiger partial charge is 0.159 e. The van der Waals surface area contributed by atoms with Crippen LogP contribution < -0.4 is 4.74 Å². The van der Waals surface area contributed by atoms with Crippen LogP contribution >= 0.6 is 0 Å². The molecule has 1 aromatic rings. The number of hydrogen-bond donors (Lipinski definition) is 0. The normalized spacial score (nSPS) is 11.2. The molecule has 0 aliphatic carbocycles. The van der Waals surface area contributed by atoms with Gasteiger partial charge < -0.3 is 9.47 Å². The summed E-state index contributed by atoms with van der Waals surface area (Å²) < 4.78 is 10.8. The molecule has 25 heavy (non-hydrogen) atoms. The third-order valence-electron chi connectivity index (χ3n) is 3.74. The SMILES string of the molecule is C=C(C)CCC/C(C)=C/C(=O)CC(=C)COCc1ccc(OC)cc1. The lowest BCUT2D eigenvalue weighted by Crippen LogP contribution is -2.03. The quantitative estimate of drug-likeness (QED) is 0.376. The molecular weight excluding hydrogens is 312 g/mol. The maximum absolute atomic E-state index is 12.0. The predicted molar refractivity (Wildman–Crippen MR) is 104 cm³/mol. The second-order valence-corrected chi connectivity index (χ2v) is 6.54. The van der Waals surface area contributed by atoms with Gasteiger partial charge in [0.05, 0.1) is 20.3 Å². The molecule has 0 spiro atoms. The number of carbonyl (C=O) groups is 1.